The Hall–Kier alpha value is -1.03. The fourth-order valence-corrected chi connectivity index (χ4v) is 1.83. The second-order valence-corrected chi connectivity index (χ2v) is 3.85. The van der Waals surface area contributed by atoms with Gasteiger partial charge in [0.1, 0.15) is 5.75 Å². The Bertz CT molecular complexity index is 388. The maximum Gasteiger partial charge on any atom is 0.249 e. The first-order chi connectivity index (χ1) is 6.49. The molecular weight excluding hydrogens is 246 g/mol. The van der Waals surface area contributed by atoms with Gasteiger partial charge >= 0.3 is 0 Å². The number of primary amides is 1. The van der Waals surface area contributed by atoms with E-state index in [-0.39, 0.29) is 0 Å². The van der Waals surface area contributed by atoms with E-state index in [0.29, 0.717) is 11.3 Å². The molecule has 1 aromatic rings. The number of amides is 1. The molecule has 1 amide bonds. The smallest absolute Gasteiger partial charge is 0.249 e. The topological polar surface area (TPSA) is 52.3 Å². The first kappa shape index (κ1) is 11.0. The largest absolute Gasteiger partial charge is 0.496 e. The van der Waals surface area contributed by atoms with Gasteiger partial charge in [0.2, 0.25) is 5.91 Å². The van der Waals surface area contributed by atoms with Gasteiger partial charge in [0.15, 0.2) is 0 Å². The summed E-state index contributed by atoms with van der Waals surface area (Å²) in [5, 5.41) is 0. The van der Waals surface area contributed by atoms with Crippen LogP contribution in [0.5, 0.6) is 5.75 Å². The number of nitrogens with two attached hydrogens (primary N) is 1. The summed E-state index contributed by atoms with van der Waals surface area (Å²) in [7, 11) is 1.56. The number of hydrogen-bond donors (Lipinski definition) is 1. The maximum atomic E-state index is 11.1. The van der Waals surface area contributed by atoms with Crippen LogP contribution in [0.1, 0.15) is 21.5 Å². The van der Waals surface area contributed by atoms with E-state index in [1.54, 1.807) is 13.2 Å². The highest BCUT2D eigenvalue weighted by Gasteiger charge is 2.13. The zero-order valence-electron chi connectivity index (χ0n) is 8.35. The average molecular weight is 258 g/mol. The molecule has 4 heteroatoms. The van der Waals surface area contributed by atoms with Crippen LogP contribution in [0.4, 0.5) is 0 Å². The van der Waals surface area contributed by atoms with E-state index in [2.05, 4.69) is 15.9 Å². The molecule has 0 saturated carbocycles. The van der Waals surface area contributed by atoms with Gasteiger partial charge in [0, 0.05) is 5.56 Å². The number of ether oxygens (including phenoxy) is 1. The minimum Gasteiger partial charge on any atom is -0.496 e. The Morgan fingerprint density at radius 3 is 2.43 bits per heavy atom. The molecule has 76 valence electrons. The first-order valence-corrected chi connectivity index (χ1v) is 4.91. The van der Waals surface area contributed by atoms with Crippen molar-refractivity contribution in [2.45, 2.75) is 13.8 Å². The zero-order valence-corrected chi connectivity index (χ0v) is 9.94. The molecule has 2 N–H and O–H groups in total. The normalized spacial score (nSPS) is 10.0. The van der Waals surface area contributed by atoms with Gasteiger partial charge in [-0.05, 0) is 47.0 Å². The molecule has 0 bridgehead atoms. The third-order valence-electron chi connectivity index (χ3n) is 2.27. The number of methoxy groups -OCH3 is 1. The van der Waals surface area contributed by atoms with E-state index in [1.165, 1.54) is 0 Å². The standard InChI is InChI=1S/C10H12BrNO2/c1-5-6(2)9(11)8(14-3)4-7(5)10(12)13/h4H,1-3H3,(H2,12,13). The van der Waals surface area contributed by atoms with Crippen LogP contribution in [-0.4, -0.2) is 13.0 Å². The molecule has 0 radical (unpaired) electrons. The lowest BCUT2D eigenvalue weighted by atomic mass is 10.0. The molecule has 0 aliphatic heterocycles. The summed E-state index contributed by atoms with van der Waals surface area (Å²) in [5.41, 5.74) is 7.60. The van der Waals surface area contributed by atoms with Gasteiger partial charge in [-0.3, -0.25) is 4.79 Å². The zero-order chi connectivity index (χ0) is 10.9. The lowest BCUT2D eigenvalue weighted by Crippen LogP contribution is -2.13. The lowest BCUT2D eigenvalue weighted by molar-refractivity contribution is 0.0999. The third kappa shape index (κ3) is 1.75. The van der Waals surface area contributed by atoms with Crippen LogP contribution in [-0.2, 0) is 0 Å². The van der Waals surface area contributed by atoms with Gasteiger partial charge in [-0.15, -0.1) is 0 Å². The molecule has 0 heterocycles. The average Bonchev–Trinajstić information content (AvgIpc) is 2.14. The van der Waals surface area contributed by atoms with Crippen molar-refractivity contribution in [2.75, 3.05) is 7.11 Å². The van der Waals surface area contributed by atoms with Crippen molar-refractivity contribution in [1.82, 2.24) is 0 Å². The van der Waals surface area contributed by atoms with Crippen molar-refractivity contribution in [2.24, 2.45) is 5.73 Å². The summed E-state index contributed by atoms with van der Waals surface area (Å²) in [6, 6.07) is 1.65. The molecule has 0 spiro atoms. The van der Waals surface area contributed by atoms with Gasteiger partial charge in [-0.1, -0.05) is 0 Å². The number of carbonyl (C=O) groups is 1. The van der Waals surface area contributed by atoms with Crippen molar-refractivity contribution >= 4 is 21.8 Å². The maximum absolute atomic E-state index is 11.1. The fourth-order valence-electron chi connectivity index (χ4n) is 1.26. The highest BCUT2D eigenvalue weighted by molar-refractivity contribution is 9.10. The number of hydrogen-bond acceptors (Lipinski definition) is 2. The van der Waals surface area contributed by atoms with Crippen molar-refractivity contribution in [1.29, 1.82) is 0 Å². The molecule has 0 aliphatic carbocycles. The second-order valence-electron chi connectivity index (χ2n) is 3.05. The Morgan fingerprint density at radius 2 is 2.00 bits per heavy atom. The molecule has 3 nitrogen and oxygen atoms in total. The quantitative estimate of drug-likeness (QED) is 0.883. The van der Waals surface area contributed by atoms with Crippen LogP contribution in [0.25, 0.3) is 0 Å². The number of rotatable bonds is 2. The van der Waals surface area contributed by atoms with Crippen molar-refractivity contribution in [3.63, 3.8) is 0 Å². The van der Waals surface area contributed by atoms with Crippen molar-refractivity contribution in [3.8, 4) is 5.75 Å². The Labute approximate surface area is 91.4 Å². The van der Waals surface area contributed by atoms with Crippen molar-refractivity contribution < 1.29 is 9.53 Å². The second kappa shape index (κ2) is 4.00. The molecule has 1 aromatic carbocycles. The van der Waals surface area contributed by atoms with Crippen LogP contribution in [0.3, 0.4) is 0 Å². The van der Waals surface area contributed by atoms with Gasteiger partial charge in [0.05, 0.1) is 11.6 Å². The molecule has 1 rings (SSSR count). The Balaban J connectivity index is 3.48. The molecule has 0 aromatic heterocycles. The molecule has 14 heavy (non-hydrogen) atoms. The summed E-state index contributed by atoms with van der Waals surface area (Å²) >= 11 is 3.40. The number of benzene rings is 1. The molecular formula is C10H12BrNO2. The van der Waals surface area contributed by atoms with Crippen LogP contribution in [0.15, 0.2) is 10.5 Å². The van der Waals surface area contributed by atoms with E-state index < -0.39 is 5.91 Å². The Morgan fingerprint density at radius 1 is 1.43 bits per heavy atom. The predicted molar refractivity (Wildman–Crippen MR) is 58.7 cm³/mol. The van der Waals surface area contributed by atoms with Gasteiger partial charge in [0.25, 0.3) is 0 Å². The van der Waals surface area contributed by atoms with E-state index in [1.807, 2.05) is 13.8 Å². The summed E-state index contributed by atoms with van der Waals surface area (Å²) < 4.78 is 5.98. The summed E-state index contributed by atoms with van der Waals surface area (Å²) in [5.74, 6) is 0.193. The fraction of sp³-hybridized carbons (Fsp3) is 0.300. The monoisotopic (exact) mass is 257 g/mol. The molecule has 0 unspecified atom stereocenters. The SMILES string of the molecule is COc1cc(C(N)=O)c(C)c(C)c1Br. The molecule has 0 atom stereocenters. The Kier molecular flexibility index (Phi) is 3.16. The van der Waals surface area contributed by atoms with E-state index >= 15 is 0 Å². The summed E-state index contributed by atoms with van der Waals surface area (Å²) in [6.45, 7) is 3.77. The summed E-state index contributed by atoms with van der Waals surface area (Å²) in [6.07, 6.45) is 0. The predicted octanol–water partition coefficient (Wildman–Crippen LogP) is 2.17. The highest BCUT2D eigenvalue weighted by Crippen LogP contribution is 2.32. The lowest BCUT2D eigenvalue weighted by Gasteiger charge is -2.12. The third-order valence-corrected chi connectivity index (χ3v) is 3.26. The van der Waals surface area contributed by atoms with Crippen LogP contribution < -0.4 is 10.5 Å². The van der Waals surface area contributed by atoms with Crippen LogP contribution >= 0.6 is 15.9 Å². The van der Waals surface area contributed by atoms with Crippen LogP contribution in [0.2, 0.25) is 0 Å². The van der Waals surface area contributed by atoms with E-state index in [9.17, 15) is 4.79 Å². The van der Waals surface area contributed by atoms with Gasteiger partial charge in [-0.2, -0.15) is 0 Å². The van der Waals surface area contributed by atoms with E-state index in [0.717, 1.165) is 15.6 Å². The van der Waals surface area contributed by atoms with Gasteiger partial charge in [-0.25, -0.2) is 0 Å². The number of carbonyl (C=O) groups excluding carboxylic acids is 1. The molecule has 0 aliphatic rings. The molecule has 0 fully saturated rings. The minimum absolute atomic E-state index is 0.434. The van der Waals surface area contributed by atoms with Crippen LogP contribution in [0, 0.1) is 13.8 Å². The first-order valence-electron chi connectivity index (χ1n) is 4.12. The summed E-state index contributed by atoms with van der Waals surface area (Å²) in [4.78, 5) is 11.1. The van der Waals surface area contributed by atoms with Crippen molar-refractivity contribution in [3.05, 3.63) is 27.2 Å². The van der Waals surface area contributed by atoms with E-state index in [4.69, 9.17) is 10.5 Å². The highest BCUT2D eigenvalue weighted by atomic mass is 79.9. The number of halogens is 1. The molecule has 0 saturated heterocycles. The minimum atomic E-state index is -0.434. The van der Waals surface area contributed by atoms with Gasteiger partial charge < -0.3 is 10.5 Å².